The lowest BCUT2D eigenvalue weighted by molar-refractivity contribution is -0.116. The zero-order valence-electron chi connectivity index (χ0n) is 13.5. The molecule has 128 valence electrons. The molecule has 0 spiro atoms. The predicted octanol–water partition coefficient (Wildman–Crippen LogP) is 3.84. The van der Waals surface area contributed by atoms with Crippen LogP contribution >= 0.6 is 23.2 Å². The highest BCUT2D eigenvalue weighted by Crippen LogP contribution is 2.31. The Labute approximate surface area is 154 Å². The van der Waals surface area contributed by atoms with Crippen LogP contribution in [-0.2, 0) is 4.79 Å². The van der Waals surface area contributed by atoms with E-state index in [1.165, 1.54) is 12.1 Å². The molecule has 1 aliphatic rings. The molecule has 0 aliphatic carbocycles. The van der Waals surface area contributed by atoms with Crippen molar-refractivity contribution >= 4 is 46.6 Å². The number of fused-ring (bicyclic) bond motifs is 1. The summed E-state index contributed by atoms with van der Waals surface area (Å²) in [6.45, 7) is 3.44. The highest BCUT2D eigenvalue weighted by atomic mass is 35.5. The summed E-state index contributed by atoms with van der Waals surface area (Å²) < 4.78 is 0. The van der Waals surface area contributed by atoms with Gasteiger partial charge in [0.25, 0.3) is 11.8 Å². The minimum Gasteiger partial charge on any atom is -0.324 e. The molecule has 3 amide bonds. The molecule has 0 saturated heterocycles. The summed E-state index contributed by atoms with van der Waals surface area (Å²) in [5.41, 5.74) is 2.91. The van der Waals surface area contributed by atoms with E-state index in [0.29, 0.717) is 5.69 Å². The Morgan fingerprint density at radius 1 is 1.00 bits per heavy atom. The van der Waals surface area contributed by atoms with Crippen LogP contribution in [0.2, 0.25) is 10.0 Å². The maximum Gasteiger partial charge on any atom is 0.262 e. The summed E-state index contributed by atoms with van der Waals surface area (Å²) >= 11 is 11.8. The molecule has 2 aromatic rings. The van der Waals surface area contributed by atoms with E-state index in [2.05, 4.69) is 5.32 Å². The van der Waals surface area contributed by atoms with Gasteiger partial charge < -0.3 is 5.32 Å². The Morgan fingerprint density at radius 2 is 1.56 bits per heavy atom. The van der Waals surface area contributed by atoms with Crippen LogP contribution in [0.1, 0.15) is 31.8 Å². The smallest absolute Gasteiger partial charge is 0.262 e. The van der Waals surface area contributed by atoms with Crippen LogP contribution < -0.4 is 5.32 Å². The number of anilines is 1. The SMILES string of the molecule is Cc1ccc(NC(=O)CN2C(=O)c3cc(Cl)c(Cl)cc3C2=O)c(C)c1. The third kappa shape index (κ3) is 3.25. The van der Waals surface area contributed by atoms with E-state index in [-0.39, 0.29) is 27.7 Å². The number of imide groups is 1. The topological polar surface area (TPSA) is 66.5 Å². The van der Waals surface area contributed by atoms with E-state index in [9.17, 15) is 14.4 Å². The van der Waals surface area contributed by atoms with Gasteiger partial charge in [0.2, 0.25) is 5.91 Å². The van der Waals surface area contributed by atoms with Gasteiger partial charge in [0.05, 0.1) is 21.2 Å². The van der Waals surface area contributed by atoms with Gasteiger partial charge in [0.1, 0.15) is 6.54 Å². The molecular formula is C18H14Cl2N2O3. The number of benzene rings is 2. The van der Waals surface area contributed by atoms with Gasteiger partial charge in [-0.15, -0.1) is 0 Å². The van der Waals surface area contributed by atoms with Crippen molar-refractivity contribution in [2.75, 3.05) is 11.9 Å². The van der Waals surface area contributed by atoms with E-state index >= 15 is 0 Å². The van der Waals surface area contributed by atoms with Crippen molar-refractivity contribution < 1.29 is 14.4 Å². The maximum atomic E-state index is 12.4. The number of nitrogens with one attached hydrogen (secondary N) is 1. The number of hydrogen-bond donors (Lipinski definition) is 1. The third-order valence-corrected chi connectivity index (χ3v) is 4.69. The van der Waals surface area contributed by atoms with Crippen molar-refractivity contribution in [2.24, 2.45) is 0 Å². The van der Waals surface area contributed by atoms with Crippen LogP contribution in [0.3, 0.4) is 0 Å². The molecule has 3 rings (SSSR count). The largest absolute Gasteiger partial charge is 0.324 e. The minimum absolute atomic E-state index is 0.152. The predicted molar refractivity (Wildman–Crippen MR) is 96.4 cm³/mol. The summed E-state index contributed by atoms with van der Waals surface area (Å²) in [4.78, 5) is 37.9. The molecule has 0 saturated carbocycles. The van der Waals surface area contributed by atoms with Crippen LogP contribution in [0.4, 0.5) is 5.69 Å². The molecule has 2 aromatic carbocycles. The molecule has 0 fully saturated rings. The molecule has 1 heterocycles. The monoisotopic (exact) mass is 376 g/mol. The standard InChI is InChI=1S/C18H14Cl2N2O3/c1-9-3-4-15(10(2)5-9)21-16(23)8-22-17(24)11-6-13(19)14(20)7-12(11)18(22)25/h3-7H,8H2,1-2H3,(H,21,23). The summed E-state index contributed by atoms with van der Waals surface area (Å²) in [6, 6.07) is 8.28. The van der Waals surface area contributed by atoms with Gasteiger partial charge in [-0.2, -0.15) is 0 Å². The molecule has 5 nitrogen and oxygen atoms in total. The quantitative estimate of drug-likeness (QED) is 0.827. The Balaban J connectivity index is 1.78. The van der Waals surface area contributed by atoms with Crippen LogP contribution in [0, 0.1) is 13.8 Å². The molecule has 0 atom stereocenters. The van der Waals surface area contributed by atoms with Crippen molar-refractivity contribution in [1.29, 1.82) is 0 Å². The Morgan fingerprint density at radius 3 is 2.08 bits per heavy atom. The Hall–Kier alpha value is -2.37. The van der Waals surface area contributed by atoms with Crippen molar-refractivity contribution in [3.05, 3.63) is 62.6 Å². The lowest BCUT2D eigenvalue weighted by atomic mass is 10.1. The van der Waals surface area contributed by atoms with Gasteiger partial charge in [-0.25, -0.2) is 0 Å². The van der Waals surface area contributed by atoms with Crippen molar-refractivity contribution in [3.8, 4) is 0 Å². The first-order valence-electron chi connectivity index (χ1n) is 7.50. The van der Waals surface area contributed by atoms with Crippen LogP contribution in [-0.4, -0.2) is 29.2 Å². The first-order chi connectivity index (χ1) is 11.8. The van der Waals surface area contributed by atoms with Gasteiger partial charge in [0.15, 0.2) is 0 Å². The molecule has 1 aliphatic heterocycles. The molecule has 0 unspecified atom stereocenters. The van der Waals surface area contributed by atoms with Gasteiger partial charge in [-0.1, -0.05) is 40.9 Å². The van der Waals surface area contributed by atoms with Crippen LogP contribution in [0.15, 0.2) is 30.3 Å². The van der Waals surface area contributed by atoms with Crippen molar-refractivity contribution in [3.63, 3.8) is 0 Å². The molecule has 0 aromatic heterocycles. The molecular weight excluding hydrogens is 363 g/mol. The number of carbonyl (C=O) groups excluding carboxylic acids is 3. The second kappa shape index (κ2) is 6.50. The van der Waals surface area contributed by atoms with Gasteiger partial charge in [0, 0.05) is 5.69 Å². The normalized spacial score (nSPS) is 13.2. The number of aryl methyl sites for hydroxylation is 2. The van der Waals surface area contributed by atoms with Crippen LogP contribution in [0.25, 0.3) is 0 Å². The zero-order valence-corrected chi connectivity index (χ0v) is 15.0. The first-order valence-corrected chi connectivity index (χ1v) is 8.26. The Bertz CT molecular complexity index is 884. The summed E-state index contributed by atoms with van der Waals surface area (Å²) in [5.74, 6) is -1.58. The van der Waals surface area contributed by atoms with E-state index in [4.69, 9.17) is 23.2 Å². The number of carbonyl (C=O) groups is 3. The fraction of sp³-hybridized carbons (Fsp3) is 0.167. The minimum atomic E-state index is -0.561. The number of halogens is 2. The summed E-state index contributed by atoms with van der Waals surface area (Å²) in [6.07, 6.45) is 0. The first kappa shape index (κ1) is 17.5. The summed E-state index contributed by atoms with van der Waals surface area (Å²) in [7, 11) is 0. The number of hydrogen-bond acceptors (Lipinski definition) is 3. The van der Waals surface area contributed by atoms with E-state index in [0.717, 1.165) is 16.0 Å². The molecule has 25 heavy (non-hydrogen) atoms. The highest BCUT2D eigenvalue weighted by Gasteiger charge is 2.37. The van der Waals surface area contributed by atoms with Crippen LogP contribution in [0.5, 0.6) is 0 Å². The van der Waals surface area contributed by atoms with Gasteiger partial charge >= 0.3 is 0 Å². The van der Waals surface area contributed by atoms with Crippen molar-refractivity contribution in [2.45, 2.75) is 13.8 Å². The average Bonchev–Trinajstić information content (AvgIpc) is 2.76. The average molecular weight is 377 g/mol. The second-order valence-electron chi connectivity index (χ2n) is 5.87. The molecule has 0 bridgehead atoms. The lowest BCUT2D eigenvalue weighted by Gasteiger charge is -2.14. The van der Waals surface area contributed by atoms with Crippen molar-refractivity contribution in [1.82, 2.24) is 4.90 Å². The fourth-order valence-electron chi connectivity index (χ4n) is 2.71. The second-order valence-corrected chi connectivity index (χ2v) is 6.69. The number of rotatable bonds is 3. The van der Waals surface area contributed by atoms with E-state index in [1.807, 2.05) is 26.0 Å². The van der Waals surface area contributed by atoms with Gasteiger partial charge in [-0.05, 0) is 37.6 Å². The number of amides is 3. The Kier molecular flexibility index (Phi) is 4.54. The lowest BCUT2D eigenvalue weighted by Crippen LogP contribution is -2.37. The molecule has 7 heteroatoms. The maximum absolute atomic E-state index is 12.4. The van der Waals surface area contributed by atoms with E-state index < -0.39 is 17.7 Å². The highest BCUT2D eigenvalue weighted by molar-refractivity contribution is 6.43. The molecule has 0 radical (unpaired) electrons. The van der Waals surface area contributed by atoms with E-state index in [1.54, 1.807) is 6.07 Å². The molecule has 1 N–H and O–H groups in total. The third-order valence-electron chi connectivity index (χ3n) is 3.97. The van der Waals surface area contributed by atoms with Gasteiger partial charge in [-0.3, -0.25) is 19.3 Å². The fourth-order valence-corrected chi connectivity index (χ4v) is 3.04. The zero-order chi connectivity index (χ0) is 18.3. The summed E-state index contributed by atoms with van der Waals surface area (Å²) in [5, 5.41) is 3.08. The number of nitrogens with zero attached hydrogens (tertiary/aromatic N) is 1.